The molecule has 3 nitrogen and oxygen atoms in total. The quantitative estimate of drug-likeness (QED) is 0.727. The van der Waals surface area contributed by atoms with Crippen molar-refractivity contribution in [1.82, 2.24) is 14.3 Å². The third-order valence-corrected chi connectivity index (χ3v) is 4.03. The molecule has 0 radical (unpaired) electrons. The highest BCUT2D eigenvalue weighted by molar-refractivity contribution is 6.30. The van der Waals surface area contributed by atoms with E-state index in [0.717, 1.165) is 29.3 Å². The Balaban J connectivity index is 2.07. The second-order valence-electron chi connectivity index (χ2n) is 5.93. The van der Waals surface area contributed by atoms with Gasteiger partial charge in [0.2, 0.25) is 0 Å². The maximum atomic E-state index is 5.97. The SMILES string of the molecule is Cc1cccn2c(CN(C)C)c(Cc3ccc(Cl)cc3)nc12. The van der Waals surface area contributed by atoms with Crippen LogP contribution < -0.4 is 0 Å². The highest BCUT2D eigenvalue weighted by atomic mass is 35.5. The lowest BCUT2D eigenvalue weighted by Crippen LogP contribution is -2.14. The second kappa shape index (κ2) is 6.11. The summed E-state index contributed by atoms with van der Waals surface area (Å²) >= 11 is 5.97. The minimum atomic E-state index is 0.767. The molecule has 114 valence electrons. The number of hydrogen-bond acceptors (Lipinski definition) is 2. The molecular weight excluding hydrogens is 294 g/mol. The second-order valence-corrected chi connectivity index (χ2v) is 6.37. The highest BCUT2D eigenvalue weighted by Gasteiger charge is 2.14. The minimum Gasteiger partial charge on any atom is -0.304 e. The number of imidazole rings is 1. The number of hydrogen-bond donors (Lipinski definition) is 0. The summed E-state index contributed by atoms with van der Waals surface area (Å²) in [5.74, 6) is 0. The van der Waals surface area contributed by atoms with Crippen LogP contribution in [0.25, 0.3) is 5.65 Å². The van der Waals surface area contributed by atoms with E-state index in [1.165, 1.54) is 16.8 Å². The minimum absolute atomic E-state index is 0.767. The average molecular weight is 314 g/mol. The van der Waals surface area contributed by atoms with Crippen molar-refractivity contribution in [2.75, 3.05) is 14.1 Å². The molecule has 0 aliphatic carbocycles. The van der Waals surface area contributed by atoms with Crippen LogP contribution in [0.4, 0.5) is 0 Å². The van der Waals surface area contributed by atoms with Gasteiger partial charge in [0.25, 0.3) is 0 Å². The summed E-state index contributed by atoms with van der Waals surface area (Å²) in [6.07, 6.45) is 2.92. The van der Waals surface area contributed by atoms with Gasteiger partial charge >= 0.3 is 0 Å². The monoisotopic (exact) mass is 313 g/mol. The van der Waals surface area contributed by atoms with Gasteiger partial charge in [-0.2, -0.15) is 0 Å². The molecule has 2 aromatic heterocycles. The van der Waals surface area contributed by atoms with Crippen LogP contribution in [0, 0.1) is 6.92 Å². The van der Waals surface area contributed by atoms with E-state index >= 15 is 0 Å². The van der Waals surface area contributed by atoms with Crippen LogP contribution in [-0.4, -0.2) is 28.4 Å². The van der Waals surface area contributed by atoms with Gasteiger partial charge in [-0.1, -0.05) is 29.8 Å². The Kier molecular flexibility index (Phi) is 4.19. The summed E-state index contributed by atoms with van der Waals surface area (Å²) in [4.78, 5) is 7.06. The Morgan fingerprint density at radius 3 is 2.55 bits per heavy atom. The van der Waals surface area contributed by atoms with Gasteiger partial charge in [0.1, 0.15) is 5.65 Å². The molecule has 0 N–H and O–H groups in total. The van der Waals surface area contributed by atoms with E-state index in [1.807, 2.05) is 12.1 Å². The molecule has 0 spiro atoms. The van der Waals surface area contributed by atoms with Gasteiger partial charge in [0.15, 0.2) is 0 Å². The van der Waals surface area contributed by atoms with Crippen LogP contribution in [0.2, 0.25) is 5.02 Å². The molecule has 22 heavy (non-hydrogen) atoms. The molecule has 1 aromatic carbocycles. The van der Waals surface area contributed by atoms with Crippen LogP contribution in [-0.2, 0) is 13.0 Å². The van der Waals surface area contributed by atoms with Gasteiger partial charge in [-0.15, -0.1) is 0 Å². The molecule has 2 heterocycles. The number of pyridine rings is 1. The summed E-state index contributed by atoms with van der Waals surface area (Å²) in [6.45, 7) is 2.97. The first-order valence-corrected chi connectivity index (χ1v) is 7.77. The maximum absolute atomic E-state index is 5.97. The number of halogens is 1. The van der Waals surface area contributed by atoms with Crippen LogP contribution in [0.15, 0.2) is 42.6 Å². The molecule has 0 aliphatic rings. The summed E-state index contributed by atoms with van der Waals surface area (Å²) in [6, 6.07) is 12.2. The molecule has 0 bridgehead atoms. The largest absolute Gasteiger partial charge is 0.304 e. The highest BCUT2D eigenvalue weighted by Crippen LogP contribution is 2.20. The zero-order valence-electron chi connectivity index (χ0n) is 13.2. The van der Waals surface area contributed by atoms with Gasteiger partial charge in [-0.3, -0.25) is 0 Å². The smallest absolute Gasteiger partial charge is 0.140 e. The molecule has 3 aromatic rings. The Hall–Kier alpha value is -1.84. The topological polar surface area (TPSA) is 20.5 Å². The van der Waals surface area contributed by atoms with Crippen LogP contribution in [0.3, 0.4) is 0 Å². The molecule has 0 aliphatic heterocycles. The van der Waals surface area contributed by atoms with Gasteiger partial charge in [-0.25, -0.2) is 4.98 Å². The summed E-state index contributed by atoms with van der Waals surface area (Å²) in [5.41, 5.74) is 5.85. The van der Waals surface area contributed by atoms with Crippen molar-refractivity contribution in [1.29, 1.82) is 0 Å². The fourth-order valence-electron chi connectivity index (χ4n) is 2.70. The Morgan fingerprint density at radius 2 is 1.86 bits per heavy atom. The fourth-order valence-corrected chi connectivity index (χ4v) is 2.83. The van der Waals surface area contributed by atoms with Crippen molar-refractivity contribution in [2.45, 2.75) is 19.9 Å². The van der Waals surface area contributed by atoms with Crippen LogP contribution in [0.1, 0.15) is 22.5 Å². The number of nitrogens with zero attached hydrogens (tertiary/aromatic N) is 3. The lowest BCUT2D eigenvalue weighted by molar-refractivity contribution is 0.394. The number of aryl methyl sites for hydroxylation is 1. The molecule has 3 rings (SSSR count). The first-order valence-electron chi connectivity index (χ1n) is 7.39. The zero-order valence-corrected chi connectivity index (χ0v) is 13.9. The standard InChI is InChI=1S/C18H20ClN3/c1-13-5-4-10-22-17(12-21(2)3)16(20-18(13)22)11-14-6-8-15(19)9-7-14/h4-10H,11-12H2,1-3H3. The average Bonchev–Trinajstić information content (AvgIpc) is 2.81. The number of rotatable bonds is 4. The fraction of sp³-hybridized carbons (Fsp3) is 0.278. The van der Waals surface area contributed by atoms with Gasteiger partial charge in [-0.05, 0) is 50.3 Å². The van der Waals surface area contributed by atoms with Crippen molar-refractivity contribution in [3.05, 3.63) is 70.1 Å². The van der Waals surface area contributed by atoms with E-state index in [1.54, 1.807) is 0 Å². The van der Waals surface area contributed by atoms with E-state index in [-0.39, 0.29) is 0 Å². The van der Waals surface area contributed by atoms with E-state index < -0.39 is 0 Å². The Bertz CT molecular complexity index is 788. The molecule has 0 amide bonds. The maximum Gasteiger partial charge on any atom is 0.140 e. The van der Waals surface area contributed by atoms with Gasteiger partial charge < -0.3 is 9.30 Å². The summed E-state index contributed by atoms with van der Waals surface area (Å²) in [7, 11) is 4.17. The van der Waals surface area contributed by atoms with Crippen molar-refractivity contribution in [3.63, 3.8) is 0 Å². The van der Waals surface area contributed by atoms with Gasteiger partial charge in [0, 0.05) is 24.2 Å². The van der Waals surface area contributed by atoms with Gasteiger partial charge in [0.05, 0.1) is 11.4 Å². The van der Waals surface area contributed by atoms with E-state index in [4.69, 9.17) is 16.6 Å². The van der Waals surface area contributed by atoms with E-state index in [2.05, 4.69) is 60.8 Å². The zero-order chi connectivity index (χ0) is 15.7. The predicted molar refractivity (Wildman–Crippen MR) is 91.6 cm³/mol. The summed E-state index contributed by atoms with van der Waals surface area (Å²) in [5, 5.41) is 0.767. The lowest BCUT2D eigenvalue weighted by Gasteiger charge is -2.11. The number of aromatic nitrogens is 2. The Labute approximate surface area is 136 Å². The molecule has 0 unspecified atom stereocenters. The lowest BCUT2D eigenvalue weighted by atomic mass is 10.1. The molecule has 0 atom stereocenters. The van der Waals surface area contributed by atoms with Crippen molar-refractivity contribution in [3.8, 4) is 0 Å². The molecule has 0 saturated heterocycles. The number of fused-ring (bicyclic) bond motifs is 1. The van der Waals surface area contributed by atoms with Crippen LogP contribution in [0.5, 0.6) is 0 Å². The van der Waals surface area contributed by atoms with Crippen molar-refractivity contribution < 1.29 is 0 Å². The molecule has 0 fully saturated rings. The predicted octanol–water partition coefficient (Wildman–Crippen LogP) is 3.95. The van der Waals surface area contributed by atoms with E-state index in [9.17, 15) is 0 Å². The van der Waals surface area contributed by atoms with Crippen molar-refractivity contribution >= 4 is 17.2 Å². The first kappa shape index (κ1) is 15.1. The third-order valence-electron chi connectivity index (χ3n) is 3.78. The van der Waals surface area contributed by atoms with Crippen molar-refractivity contribution in [2.24, 2.45) is 0 Å². The number of benzene rings is 1. The Morgan fingerprint density at radius 1 is 1.14 bits per heavy atom. The van der Waals surface area contributed by atoms with E-state index in [0.29, 0.717) is 0 Å². The molecule has 0 saturated carbocycles. The molecule has 4 heteroatoms. The first-order chi connectivity index (χ1) is 10.5. The van der Waals surface area contributed by atoms with Crippen LogP contribution >= 0.6 is 11.6 Å². The summed E-state index contributed by atoms with van der Waals surface area (Å²) < 4.78 is 2.21. The normalized spacial score (nSPS) is 11.5. The molecular formula is C18H20ClN3. The third kappa shape index (κ3) is 3.01.